The summed E-state index contributed by atoms with van der Waals surface area (Å²) in [4.78, 5) is 11.6. The number of hydrogen-bond donors (Lipinski definition) is 0. The van der Waals surface area contributed by atoms with Gasteiger partial charge in [0, 0.05) is 6.08 Å². The quantitative estimate of drug-likeness (QED) is 0.587. The highest BCUT2D eigenvalue weighted by molar-refractivity contribution is 5.85. The molecule has 0 radical (unpaired) electrons. The Labute approximate surface area is 152 Å². The van der Waals surface area contributed by atoms with Crippen molar-refractivity contribution < 1.29 is 9.53 Å². The number of cyclic esters (lactones) is 1. The standard InChI is InChI=1S/C23H34O2/c1-22-11-4-3-5-16(22)6-7-17-19-9-8-18(15-13-21(24)25-14-15)23(19,2)12-10-20(17)22/h13,16-20H,3-12,14H2,1-2H3/t16?,17-,18-,19?,20-,22+,23-/m1/s1. The lowest BCUT2D eigenvalue weighted by atomic mass is 9.44. The number of esters is 1. The summed E-state index contributed by atoms with van der Waals surface area (Å²) in [6.07, 6.45) is 16.2. The van der Waals surface area contributed by atoms with Gasteiger partial charge in [0.25, 0.3) is 0 Å². The van der Waals surface area contributed by atoms with Gasteiger partial charge in [-0.15, -0.1) is 0 Å². The largest absolute Gasteiger partial charge is 0.458 e. The summed E-state index contributed by atoms with van der Waals surface area (Å²) in [6.45, 7) is 5.79. The van der Waals surface area contributed by atoms with E-state index in [-0.39, 0.29) is 5.97 Å². The summed E-state index contributed by atoms with van der Waals surface area (Å²) in [6, 6.07) is 0. The minimum atomic E-state index is -0.106. The summed E-state index contributed by atoms with van der Waals surface area (Å²) in [5, 5.41) is 0. The van der Waals surface area contributed by atoms with Crippen LogP contribution in [0.4, 0.5) is 0 Å². The third-order valence-electron chi connectivity index (χ3n) is 9.72. The Morgan fingerprint density at radius 2 is 1.76 bits per heavy atom. The molecule has 0 bridgehead atoms. The van der Waals surface area contributed by atoms with Gasteiger partial charge in [0.15, 0.2) is 0 Å². The Kier molecular flexibility index (Phi) is 3.67. The Bertz CT molecular complexity index is 607. The minimum Gasteiger partial charge on any atom is -0.458 e. The molecule has 2 nitrogen and oxygen atoms in total. The Hall–Kier alpha value is -0.790. The lowest BCUT2D eigenvalue weighted by Crippen LogP contribution is -2.52. The van der Waals surface area contributed by atoms with Gasteiger partial charge >= 0.3 is 5.97 Å². The zero-order chi connectivity index (χ0) is 17.2. The smallest absolute Gasteiger partial charge is 0.331 e. The van der Waals surface area contributed by atoms with Crippen LogP contribution in [0.5, 0.6) is 0 Å². The Morgan fingerprint density at radius 1 is 0.920 bits per heavy atom. The van der Waals surface area contributed by atoms with E-state index in [1.54, 1.807) is 0 Å². The maximum Gasteiger partial charge on any atom is 0.331 e. The predicted octanol–water partition coefficient (Wildman–Crippen LogP) is 5.52. The van der Waals surface area contributed by atoms with Crippen molar-refractivity contribution in [3.05, 3.63) is 11.6 Å². The van der Waals surface area contributed by atoms with Crippen LogP contribution in [0.2, 0.25) is 0 Å². The van der Waals surface area contributed by atoms with Crippen molar-refractivity contribution in [2.24, 2.45) is 40.4 Å². The number of hydrogen-bond acceptors (Lipinski definition) is 2. The lowest BCUT2D eigenvalue weighted by molar-refractivity contribution is -0.135. The molecule has 2 unspecified atom stereocenters. The zero-order valence-corrected chi connectivity index (χ0v) is 16.1. The van der Waals surface area contributed by atoms with Gasteiger partial charge in [-0.2, -0.15) is 0 Å². The van der Waals surface area contributed by atoms with E-state index < -0.39 is 0 Å². The monoisotopic (exact) mass is 342 g/mol. The van der Waals surface area contributed by atoms with Crippen molar-refractivity contribution in [1.82, 2.24) is 0 Å². The van der Waals surface area contributed by atoms with Crippen LogP contribution in [0, 0.1) is 40.4 Å². The Morgan fingerprint density at radius 3 is 2.56 bits per heavy atom. The summed E-state index contributed by atoms with van der Waals surface area (Å²) in [7, 11) is 0. The molecule has 4 aliphatic carbocycles. The molecule has 25 heavy (non-hydrogen) atoms. The first-order valence-electron chi connectivity index (χ1n) is 10.9. The van der Waals surface area contributed by atoms with Gasteiger partial charge in [-0.25, -0.2) is 4.79 Å². The highest BCUT2D eigenvalue weighted by atomic mass is 16.5. The molecule has 0 aromatic rings. The predicted molar refractivity (Wildman–Crippen MR) is 98.9 cm³/mol. The maximum atomic E-state index is 11.6. The topological polar surface area (TPSA) is 26.3 Å². The van der Waals surface area contributed by atoms with Gasteiger partial charge in [0.1, 0.15) is 6.61 Å². The van der Waals surface area contributed by atoms with E-state index in [4.69, 9.17) is 4.74 Å². The fourth-order valence-electron chi connectivity index (χ4n) is 8.49. The summed E-state index contributed by atoms with van der Waals surface area (Å²) in [5.74, 6) is 4.30. The van der Waals surface area contributed by atoms with Crippen molar-refractivity contribution in [1.29, 1.82) is 0 Å². The first kappa shape index (κ1) is 16.4. The molecule has 0 N–H and O–H groups in total. The zero-order valence-electron chi connectivity index (χ0n) is 16.1. The van der Waals surface area contributed by atoms with Crippen LogP contribution in [-0.2, 0) is 9.53 Å². The van der Waals surface area contributed by atoms with Crippen LogP contribution in [0.25, 0.3) is 0 Å². The van der Waals surface area contributed by atoms with E-state index in [2.05, 4.69) is 13.8 Å². The molecule has 2 heteroatoms. The molecule has 1 heterocycles. The molecule has 5 aliphatic rings. The highest BCUT2D eigenvalue weighted by Crippen LogP contribution is 2.68. The molecule has 4 fully saturated rings. The third kappa shape index (κ3) is 2.24. The third-order valence-corrected chi connectivity index (χ3v) is 9.72. The van der Waals surface area contributed by atoms with E-state index in [0.717, 1.165) is 23.7 Å². The fourth-order valence-corrected chi connectivity index (χ4v) is 8.49. The molecule has 0 amide bonds. The van der Waals surface area contributed by atoms with Crippen LogP contribution in [0.3, 0.4) is 0 Å². The van der Waals surface area contributed by atoms with Gasteiger partial charge in [-0.05, 0) is 97.4 Å². The molecule has 5 rings (SSSR count). The summed E-state index contributed by atoms with van der Waals surface area (Å²) >= 11 is 0. The summed E-state index contributed by atoms with van der Waals surface area (Å²) in [5.41, 5.74) is 2.36. The molecule has 138 valence electrons. The van der Waals surface area contributed by atoms with E-state index >= 15 is 0 Å². The highest BCUT2D eigenvalue weighted by Gasteiger charge is 2.60. The number of rotatable bonds is 1. The van der Waals surface area contributed by atoms with Crippen molar-refractivity contribution in [2.75, 3.05) is 6.61 Å². The molecule has 0 saturated heterocycles. The van der Waals surface area contributed by atoms with Crippen LogP contribution in [0.15, 0.2) is 11.6 Å². The molecule has 4 saturated carbocycles. The van der Waals surface area contributed by atoms with E-state index in [9.17, 15) is 4.79 Å². The SMILES string of the molecule is C[C@]12CC[C@@H]3[C@H](CCC4CCCC[C@@]43C)C1CC[C@@H]2C1=CC(=O)OC1. The number of ether oxygens (including phenoxy) is 1. The van der Waals surface area contributed by atoms with Crippen LogP contribution in [0.1, 0.15) is 78.1 Å². The van der Waals surface area contributed by atoms with E-state index in [1.165, 1.54) is 69.8 Å². The molecular formula is C23H34O2. The second kappa shape index (κ2) is 5.60. The van der Waals surface area contributed by atoms with E-state index in [1.807, 2.05) is 6.08 Å². The number of carbonyl (C=O) groups excluding carboxylic acids is 1. The van der Waals surface area contributed by atoms with Crippen molar-refractivity contribution in [3.63, 3.8) is 0 Å². The number of fused-ring (bicyclic) bond motifs is 5. The molecule has 0 spiro atoms. The molecule has 1 aliphatic heterocycles. The summed E-state index contributed by atoms with van der Waals surface area (Å²) < 4.78 is 5.26. The first-order valence-corrected chi connectivity index (χ1v) is 10.9. The van der Waals surface area contributed by atoms with Gasteiger partial charge in [0.05, 0.1) is 0 Å². The van der Waals surface area contributed by atoms with Crippen LogP contribution in [-0.4, -0.2) is 12.6 Å². The van der Waals surface area contributed by atoms with Crippen molar-refractivity contribution in [3.8, 4) is 0 Å². The fraction of sp³-hybridized carbons (Fsp3) is 0.870. The van der Waals surface area contributed by atoms with Gasteiger partial charge < -0.3 is 4.74 Å². The average Bonchev–Trinajstić information content (AvgIpc) is 3.16. The van der Waals surface area contributed by atoms with Crippen molar-refractivity contribution in [2.45, 2.75) is 78.1 Å². The van der Waals surface area contributed by atoms with E-state index in [0.29, 0.717) is 23.4 Å². The second-order valence-corrected chi connectivity index (χ2v) is 10.4. The second-order valence-electron chi connectivity index (χ2n) is 10.4. The molecule has 7 atom stereocenters. The normalized spacial score (nSPS) is 52.0. The molecule has 0 aromatic carbocycles. The van der Waals surface area contributed by atoms with Gasteiger partial charge in [0.2, 0.25) is 0 Å². The van der Waals surface area contributed by atoms with Crippen LogP contribution < -0.4 is 0 Å². The average molecular weight is 343 g/mol. The van der Waals surface area contributed by atoms with Crippen molar-refractivity contribution >= 4 is 5.97 Å². The minimum absolute atomic E-state index is 0.106. The number of carbonyl (C=O) groups is 1. The first-order chi connectivity index (χ1) is 12.0. The van der Waals surface area contributed by atoms with Gasteiger partial charge in [-0.1, -0.05) is 26.7 Å². The Balaban J connectivity index is 1.43. The van der Waals surface area contributed by atoms with Gasteiger partial charge in [-0.3, -0.25) is 0 Å². The maximum absolute atomic E-state index is 11.6. The molecule has 0 aromatic heterocycles. The molecular weight excluding hydrogens is 308 g/mol. The lowest BCUT2D eigenvalue weighted by Gasteiger charge is -2.60. The van der Waals surface area contributed by atoms with Crippen LogP contribution >= 0.6 is 0 Å².